The van der Waals surface area contributed by atoms with Crippen LogP contribution in [0.2, 0.25) is 0 Å². The highest BCUT2D eigenvalue weighted by molar-refractivity contribution is 5.91. The molecule has 1 fully saturated rings. The Labute approximate surface area is 187 Å². The summed E-state index contributed by atoms with van der Waals surface area (Å²) in [5.41, 5.74) is 2.32. The standard InChI is InChI=1S/C23H30FN7O/c1-5-7-19-25-21(29-12-6-13-30(15-14-29)23(32)28(3)4)20-16(2)27-31(22(20)26-19)18-10-8-17(24)9-11-18/h8-11H,5-7,12-15H2,1-4H3. The minimum atomic E-state index is -0.287. The number of amides is 2. The number of carbonyl (C=O) groups excluding carboxylic acids is 1. The number of carbonyl (C=O) groups is 1. The lowest BCUT2D eigenvalue weighted by Crippen LogP contribution is -2.41. The molecule has 2 aromatic heterocycles. The van der Waals surface area contributed by atoms with Crippen molar-refractivity contribution < 1.29 is 9.18 Å². The van der Waals surface area contributed by atoms with Gasteiger partial charge in [-0.25, -0.2) is 23.8 Å². The Morgan fingerprint density at radius 1 is 1.09 bits per heavy atom. The topological polar surface area (TPSA) is 70.4 Å². The number of aromatic nitrogens is 4. The molecule has 32 heavy (non-hydrogen) atoms. The molecule has 0 saturated carbocycles. The van der Waals surface area contributed by atoms with Crippen LogP contribution >= 0.6 is 0 Å². The van der Waals surface area contributed by atoms with Gasteiger partial charge in [0.25, 0.3) is 0 Å². The van der Waals surface area contributed by atoms with Gasteiger partial charge in [-0.15, -0.1) is 0 Å². The van der Waals surface area contributed by atoms with Crippen molar-refractivity contribution in [3.05, 3.63) is 41.6 Å². The van der Waals surface area contributed by atoms with Gasteiger partial charge in [0.05, 0.1) is 16.8 Å². The van der Waals surface area contributed by atoms with Gasteiger partial charge < -0.3 is 14.7 Å². The van der Waals surface area contributed by atoms with E-state index in [1.165, 1.54) is 12.1 Å². The normalized spacial score (nSPS) is 14.7. The molecule has 3 aromatic rings. The van der Waals surface area contributed by atoms with E-state index >= 15 is 0 Å². The van der Waals surface area contributed by atoms with Gasteiger partial charge in [0.2, 0.25) is 0 Å². The van der Waals surface area contributed by atoms with E-state index in [0.717, 1.165) is 66.4 Å². The van der Waals surface area contributed by atoms with Crippen molar-refractivity contribution in [2.45, 2.75) is 33.1 Å². The van der Waals surface area contributed by atoms with Crippen LogP contribution < -0.4 is 4.90 Å². The molecule has 2 amide bonds. The van der Waals surface area contributed by atoms with Gasteiger partial charge in [0, 0.05) is 46.7 Å². The minimum absolute atomic E-state index is 0.0340. The summed E-state index contributed by atoms with van der Waals surface area (Å²) < 4.78 is 15.2. The van der Waals surface area contributed by atoms with Crippen molar-refractivity contribution >= 4 is 22.9 Å². The van der Waals surface area contributed by atoms with Crippen molar-refractivity contribution in [1.29, 1.82) is 0 Å². The molecule has 0 bridgehead atoms. The molecule has 1 saturated heterocycles. The fraction of sp³-hybridized carbons (Fsp3) is 0.478. The Morgan fingerprint density at radius 3 is 2.53 bits per heavy atom. The lowest BCUT2D eigenvalue weighted by molar-refractivity contribution is 0.174. The van der Waals surface area contributed by atoms with Crippen molar-refractivity contribution in [3.8, 4) is 5.69 Å². The Kier molecular flexibility index (Phi) is 6.25. The zero-order chi connectivity index (χ0) is 22.8. The lowest BCUT2D eigenvalue weighted by atomic mass is 10.2. The molecule has 1 aromatic carbocycles. The molecule has 9 heteroatoms. The number of halogens is 1. The summed E-state index contributed by atoms with van der Waals surface area (Å²) in [6.07, 6.45) is 2.55. The summed E-state index contributed by atoms with van der Waals surface area (Å²) in [6.45, 7) is 6.91. The lowest BCUT2D eigenvalue weighted by Gasteiger charge is -2.25. The number of aryl methyl sites for hydroxylation is 2. The molecule has 0 unspecified atom stereocenters. The first-order chi connectivity index (χ1) is 15.4. The maximum atomic E-state index is 13.5. The number of rotatable bonds is 4. The van der Waals surface area contributed by atoms with E-state index in [-0.39, 0.29) is 11.8 Å². The second-order valence-corrected chi connectivity index (χ2v) is 8.39. The van der Waals surface area contributed by atoms with Crippen molar-refractivity contribution in [2.75, 3.05) is 45.2 Å². The Morgan fingerprint density at radius 2 is 1.84 bits per heavy atom. The highest BCUT2D eigenvalue weighted by Gasteiger charge is 2.25. The first kappa shape index (κ1) is 22.0. The largest absolute Gasteiger partial charge is 0.354 e. The van der Waals surface area contributed by atoms with Crippen LogP contribution in [0.3, 0.4) is 0 Å². The second kappa shape index (κ2) is 9.10. The van der Waals surface area contributed by atoms with E-state index in [9.17, 15) is 9.18 Å². The highest BCUT2D eigenvalue weighted by atomic mass is 19.1. The molecule has 0 N–H and O–H groups in total. The smallest absolute Gasteiger partial charge is 0.319 e. The van der Waals surface area contributed by atoms with Crippen LogP contribution in [0.5, 0.6) is 0 Å². The van der Waals surface area contributed by atoms with Crippen molar-refractivity contribution in [2.24, 2.45) is 0 Å². The van der Waals surface area contributed by atoms with E-state index in [2.05, 4.69) is 11.8 Å². The zero-order valence-corrected chi connectivity index (χ0v) is 19.2. The molecule has 0 radical (unpaired) electrons. The minimum Gasteiger partial charge on any atom is -0.354 e. The van der Waals surface area contributed by atoms with Gasteiger partial charge >= 0.3 is 6.03 Å². The fourth-order valence-electron chi connectivity index (χ4n) is 4.14. The van der Waals surface area contributed by atoms with Crippen LogP contribution in [0.4, 0.5) is 15.0 Å². The zero-order valence-electron chi connectivity index (χ0n) is 19.2. The van der Waals surface area contributed by atoms with Gasteiger partial charge in [-0.3, -0.25) is 0 Å². The van der Waals surface area contributed by atoms with Gasteiger partial charge in [-0.05, 0) is 44.0 Å². The second-order valence-electron chi connectivity index (χ2n) is 8.39. The van der Waals surface area contributed by atoms with Crippen LogP contribution in [-0.4, -0.2) is 75.9 Å². The number of hydrogen-bond acceptors (Lipinski definition) is 5. The van der Waals surface area contributed by atoms with Crippen molar-refractivity contribution in [3.63, 3.8) is 0 Å². The van der Waals surface area contributed by atoms with Crippen LogP contribution in [0.1, 0.15) is 31.3 Å². The van der Waals surface area contributed by atoms with Gasteiger partial charge in [-0.2, -0.15) is 5.10 Å². The van der Waals surface area contributed by atoms with E-state index in [4.69, 9.17) is 15.1 Å². The molecular weight excluding hydrogens is 409 g/mol. The first-order valence-corrected chi connectivity index (χ1v) is 11.1. The maximum Gasteiger partial charge on any atom is 0.319 e. The maximum absolute atomic E-state index is 13.5. The Bertz CT molecular complexity index is 1110. The number of urea groups is 1. The molecule has 1 aliphatic heterocycles. The Balaban J connectivity index is 1.77. The van der Waals surface area contributed by atoms with Gasteiger partial charge in [-0.1, -0.05) is 6.92 Å². The Hall–Kier alpha value is -3.23. The average molecular weight is 440 g/mol. The van der Waals surface area contributed by atoms with Crippen LogP contribution in [0.25, 0.3) is 16.7 Å². The fourth-order valence-corrected chi connectivity index (χ4v) is 4.14. The molecular formula is C23H30FN7O. The summed E-state index contributed by atoms with van der Waals surface area (Å²) in [7, 11) is 3.56. The third kappa shape index (κ3) is 4.24. The summed E-state index contributed by atoms with van der Waals surface area (Å²) in [4.78, 5) is 28.0. The van der Waals surface area contributed by atoms with E-state index in [0.29, 0.717) is 13.1 Å². The molecule has 0 atom stereocenters. The van der Waals surface area contributed by atoms with Crippen LogP contribution in [0.15, 0.2) is 24.3 Å². The number of benzene rings is 1. The van der Waals surface area contributed by atoms with Crippen molar-refractivity contribution in [1.82, 2.24) is 29.5 Å². The summed E-state index contributed by atoms with van der Waals surface area (Å²) in [5.74, 6) is 1.34. The molecule has 0 spiro atoms. The van der Waals surface area contributed by atoms with Gasteiger partial charge in [0.1, 0.15) is 17.5 Å². The summed E-state index contributed by atoms with van der Waals surface area (Å²) in [5, 5.41) is 5.63. The molecule has 1 aliphatic rings. The molecule has 4 rings (SSSR count). The predicted octanol–water partition coefficient (Wildman–Crippen LogP) is 3.41. The van der Waals surface area contributed by atoms with E-state index in [1.807, 2.05) is 11.8 Å². The third-order valence-corrected chi connectivity index (χ3v) is 5.72. The third-order valence-electron chi connectivity index (χ3n) is 5.72. The quantitative estimate of drug-likeness (QED) is 0.623. The monoisotopic (exact) mass is 439 g/mol. The average Bonchev–Trinajstić information content (AvgIpc) is 2.95. The summed E-state index contributed by atoms with van der Waals surface area (Å²) in [6, 6.07) is 6.31. The van der Waals surface area contributed by atoms with Crippen LogP contribution in [-0.2, 0) is 6.42 Å². The summed E-state index contributed by atoms with van der Waals surface area (Å²) >= 11 is 0. The first-order valence-electron chi connectivity index (χ1n) is 11.1. The molecule has 170 valence electrons. The van der Waals surface area contributed by atoms with E-state index in [1.54, 1.807) is 35.8 Å². The number of fused-ring (bicyclic) bond motifs is 1. The van der Waals surface area contributed by atoms with E-state index < -0.39 is 0 Å². The molecule has 0 aliphatic carbocycles. The predicted molar refractivity (Wildman–Crippen MR) is 123 cm³/mol. The number of nitrogens with zero attached hydrogens (tertiary/aromatic N) is 7. The molecule has 3 heterocycles. The number of hydrogen-bond donors (Lipinski definition) is 0. The molecule has 8 nitrogen and oxygen atoms in total. The van der Waals surface area contributed by atoms with Gasteiger partial charge in [0.15, 0.2) is 5.65 Å². The SMILES string of the molecule is CCCc1nc(N2CCCN(C(=O)N(C)C)CC2)c2c(C)nn(-c3ccc(F)cc3)c2n1. The highest BCUT2D eigenvalue weighted by Crippen LogP contribution is 2.30. The number of anilines is 1. The van der Waals surface area contributed by atoms with Crippen LogP contribution in [0, 0.1) is 12.7 Å².